The van der Waals surface area contributed by atoms with Crippen LogP contribution in [0.5, 0.6) is 0 Å². The molecule has 3 N–H and O–H groups in total. The molecule has 0 atom stereocenters. The predicted molar refractivity (Wildman–Crippen MR) is 84.9 cm³/mol. The van der Waals surface area contributed by atoms with E-state index >= 15 is 0 Å². The first-order chi connectivity index (χ1) is 10.2. The van der Waals surface area contributed by atoms with E-state index in [4.69, 9.17) is 5.73 Å². The molecule has 0 amide bonds. The fourth-order valence-electron chi connectivity index (χ4n) is 2.13. The maximum absolute atomic E-state index is 12.1. The Hall–Kier alpha value is -2.84. The minimum atomic E-state index is -0.381. The number of nitrogens with zero attached hydrogens (tertiary/aromatic N) is 1. The van der Waals surface area contributed by atoms with Gasteiger partial charge < -0.3 is 10.7 Å². The Labute approximate surface area is 125 Å². The molecule has 2 heterocycles. The van der Waals surface area contributed by atoms with E-state index in [0.717, 1.165) is 11.1 Å². The number of thiophene rings is 1. The van der Waals surface area contributed by atoms with Crippen LogP contribution in [0.25, 0.3) is 22.4 Å². The van der Waals surface area contributed by atoms with Crippen LogP contribution >= 0.6 is 11.3 Å². The quantitative estimate of drug-likeness (QED) is 0.712. The van der Waals surface area contributed by atoms with Crippen molar-refractivity contribution in [3.8, 4) is 28.5 Å². The number of aromatic nitrogens is 1. The number of nitrogens with two attached hydrogens (primary N) is 1. The third-order valence-corrected chi connectivity index (χ3v) is 3.88. The molecule has 2 aromatic heterocycles. The van der Waals surface area contributed by atoms with E-state index in [1.54, 1.807) is 12.1 Å². The molecule has 0 unspecified atom stereocenters. The number of nitrogen functional groups attached to an aromatic ring is 1. The van der Waals surface area contributed by atoms with Crippen LogP contribution in [0.15, 0.2) is 52.0 Å². The van der Waals surface area contributed by atoms with Gasteiger partial charge in [-0.25, -0.2) is 0 Å². The van der Waals surface area contributed by atoms with Crippen molar-refractivity contribution in [2.24, 2.45) is 0 Å². The molecular weight excluding hydrogens is 282 g/mol. The summed E-state index contributed by atoms with van der Waals surface area (Å²) in [5.74, 6) is 0. The lowest BCUT2D eigenvalue weighted by atomic mass is 10.0. The van der Waals surface area contributed by atoms with Crippen LogP contribution in [0.2, 0.25) is 0 Å². The number of benzene rings is 1. The Balaban J connectivity index is 2.23. The third-order valence-electron chi connectivity index (χ3n) is 3.20. The van der Waals surface area contributed by atoms with Gasteiger partial charge in [-0.1, -0.05) is 12.1 Å². The summed E-state index contributed by atoms with van der Waals surface area (Å²) in [4.78, 5) is 14.9. The second-order valence-electron chi connectivity index (χ2n) is 4.55. The molecule has 0 saturated heterocycles. The molecule has 0 aliphatic rings. The Kier molecular flexibility index (Phi) is 3.30. The summed E-state index contributed by atoms with van der Waals surface area (Å²) in [7, 11) is 0. The van der Waals surface area contributed by atoms with Gasteiger partial charge >= 0.3 is 0 Å². The lowest BCUT2D eigenvalue weighted by molar-refractivity contribution is 1.22. The van der Waals surface area contributed by atoms with Gasteiger partial charge in [0.05, 0.1) is 0 Å². The largest absolute Gasteiger partial charge is 0.399 e. The van der Waals surface area contributed by atoms with Gasteiger partial charge in [0, 0.05) is 16.9 Å². The summed E-state index contributed by atoms with van der Waals surface area (Å²) in [5.41, 5.74) is 9.12. The van der Waals surface area contributed by atoms with E-state index in [2.05, 4.69) is 4.98 Å². The highest BCUT2D eigenvalue weighted by Gasteiger charge is 2.12. The van der Waals surface area contributed by atoms with E-state index in [-0.39, 0.29) is 11.1 Å². The minimum absolute atomic E-state index is 0.132. The van der Waals surface area contributed by atoms with Crippen LogP contribution in [0.4, 0.5) is 5.69 Å². The van der Waals surface area contributed by atoms with Crippen LogP contribution in [0, 0.1) is 11.3 Å². The van der Waals surface area contributed by atoms with Crippen molar-refractivity contribution >= 4 is 17.0 Å². The second-order valence-corrected chi connectivity index (χ2v) is 5.33. The summed E-state index contributed by atoms with van der Waals surface area (Å²) in [5, 5.41) is 13.0. The molecule has 0 bridgehead atoms. The van der Waals surface area contributed by atoms with Crippen molar-refractivity contribution in [3.05, 3.63) is 63.1 Å². The maximum atomic E-state index is 12.1. The SMILES string of the molecule is N#Cc1c(-c2ccsc2)cc(-c2ccc(N)cc2)[nH]c1=O. The summed E-state index contributed by atoms with van der Waals surface area (Å²) in [6.45, 7) is 0. The number of nitriles is 1. The molecule has 0 aliphatic heterocycles. The van der Waals surface area contributed by atoms with Gasteiger partial charge in [0.25, 0.3) is 5.56 Å². The van der Waals surface area contributed by atoms with Crippen molar-refractivity contribution in [1.82, 2.24) is 4.98 Å². The number of anilines is 1. The molecule has 0 saturated carbocycles. The highest BCUT2D eigenvalue weighted by Crippen LogP contribution is 2.27. The first kappa shape index (κ1) is 13.2. The molecule has 1 aromatic carbocycles. The number of aromatic amines is 1. The van der Waals surface area contributed by atoms with E-state index in [1.165, 1.54) is 11.3 Å². The number of hydrogen-bond acceptors (Lipinski definition) is 4. The number of hydrogen-bond donors (Lipinski definition) is 2. The fraction of sp³-hybridized carbons (Fsp3) is 0. The van der Waals surface area contributed by atoms with Crippen LogP contribution < -0.4 is 11.3 Å². The molecule has 4 nitrogen and oxygen atoms in total. The molecular formula is C16H11N3OS. The molecule has 0 spiro atoms. The van der Waals surface area contributed by atoms with E-state index < -0.39 is 0 Å². The Bertz CT molecular complexity index is 871. The van der Waals surface area contributed by atoms with Gasteiger partial charge in [-0.3, -0.25) is 4.79 Å². The molecule has 102 valence electrons. The lowest BCUT2D eigenvalue weighted by Crippen LogP contribution is -2.12. The number of pyridine rings is 1. The normalized spacial score (nSPS) is 10.2. The number of rotatable bonds is 2. The fourth-order valence-corrected chi connectivity index (χ4v) is 2.79. The molecule has 3 aromatic rings. The van der Waals surface area contributed by atoms with Crippen LogP contribution in [0.3, 0.4) is 0 Å². The second kappa shape index (κ2) is 5.27. The summed E-state index contributed by atoms with van der Waals surface area (Å²) >= 11 is 1.52. The molecule has 21 heavy (non-hydrogen) atoms. The van der Waals surface area contributed by atoms with Gasteiger partial charge in [0.2, 0.25) is 0 Å². The van der Waals surface area contributed by atoms with Gasteiger partial charge in [0.15, 0.2) is 0 Å². The molecule has 0 radical (unpaired) electrons. The van der Waals surface area contributed by atoms with E-state index in [1.807, 2.05) is 41.1 Å². The first-order valence-corrected chi connectivity index (χ1v) is 7.19. The zero-order valence-electron chi connectivity index (χ0n) is 11.0. The Morgan fingerprint density at radius 3 is 2.52 bits per heavy atom. The van der Waals surface area contributed by atoms with Crippen molar-refractivity contribution in [2.45, 2.75) is 0 Å². The Morgan fingerprint density at radius 2 is 1.90 bits per heavy atom. The number of H-pyrrole nitrogens is 1. The van der Waals surface area contributed by atoms with Crippen LogP contribution in [0.1, 0.15) is 5.56 Å². The molecule has 5 heteroatoms. The van der Waals surface area contributed by atoms with Crippen molar-refractivity contribution in [3.63, 3.8) is 0 Å². The van der Waals surface area contributed by atoms with Gasteiger partial charge in [-0.15, -0.1) is 0 Å². The van der Waals surface area contributed by atoms with E-state index in [0.29, 0.717) is 16.9 Å². The van der Waals surface area contributed by atoms with Gasteiger partial charge in [-0.2, -0.15) is 16.6 Å². The molecule has 0 fully saturated rings. The highest BCUT2D eigenvalue weighted by molar-refractivity contribution is 7.08. The van der Waals surface area contributed by atoms with E-state index in [9.17, 15) is 10.1 Å². The summed E-state index contributed by atoms with van der Waals surface area (Å²) < 4.78 is 0. The standard InChI is InChI=1S/C16H11N3OS/c17-8-14-13(11-5-6-21-9-11)7-15(19-16(14)20)10-1-3-12(18)4-2-10/h1-7,9H,18H2,(H,19,20). The Morgan fingerprint density at radius 1 is 1.14 bits per heavy atom. The molecule has 0 aliphatic carbocycles. The number of nitrogens with one attached hydrogen (secondary N) is 1. The zero-order valence-corrected chi connectivity index (χ0v) is 11.8. The van der Waals surface area contributed by atoms with Crippen molar-refractivity contribution in [2.75, 3.05) is 5.73 Å². The average molecular weight is 293 g/mol. The zero-order chi connectivity index (χ0) is 14.8. The lowest BCUT2D eigenvalue weighted by Gasteiger charge is -2.07. The van der Waals surface area contributed by atoms with Crippen molar-refractivity contribution < 1.29 is 0 Å². The predicted octanol–water partition coefficient (Wildman–Crippen LogP) is 3.22. The highest BCUT2D eigenvalue weighted by atomic mass is 32.1. The van der Waals surface area contributed by atoms with Gasteiger partial charge in [0.1, 0.15) is 11.6 Å². The smallest absolute Gasteiger partial charge is 0.266 e. The third kappa shape index (κ3) is 2.45. The van der Waals surface area contributed by atoms with Crippen LogP contribution in [-0.4, -0.2) is 4.98 Å². The monoisotopic (exact) mass is 293 g/mol. The first-order valence-electron chi connectivity index (χ1n) is 6.25. The topological polar surface area (TPSA) is 82.7 Å². The average Bonchev–Trinajstić information content (AvgIpc) is 3.01. The molecule has 3 rings (SSSR count). The minimum Gasteiger partial charge on any atom is -0.399 e. The summed E-state index contributed by atoms with van der Waals surface area (Å²) in [6.07, 6.45) is 0. The summed E-state index contributed by atoms with van der Waals surface area (Å²) in [6, 6.07) is 12.9. The van der Waals surface area contributed by atoms with Crippen LogP contribution in [-0.2, 0) is 0 Å². The van der Waals surface area contributed by atoms with Crippen molar-refractivity contribution in [1.29, 1.82) is 5.26 Å². The maximum Gasteiger partial charge on any atom is 0.266 e. The van der Waals surface area contributed by atoms with Gasteiger partial charge in [-0.05, 0) is 46.2 Å².